The molecule has 5 nitrogen and oxygen atoms in total. The molecule has 2 aromatic heterocycles. The molecule has 184 valence electrons. The normalized spacial score (nSPS) is 16.5. The van der Waals surface area contributed by atoms with Crippen molar-refractivity contribution in [1.82, 2.24) is 9.47 Å². The van der Waals surface area contributed by atoms with Crippen LogP contribution in [0.2, 0.25) is 0 Å². The van der Waals surface area contributed by atoms with Crippen LogP contribution in [-0.4, -0.2) is 22.6 Å². The Morgan fingerprint density at radius 3 is 2.67 bits per heavy atom. The molecule has 0 spiro atoms. The minimum atomic E-state index is -0.213. The Labute approximate surface area is 216 Å². The first-order chi connectivity index (χ1) is 17.5. The summed E-state index contributed by atoms with van der Waals surface area (Å²) in [5.41, 5.74) is 7.93. The lowest BCUT2D eigenvalue weighted by Crippen LogP contribution is -2.38. The van der Waals surface area contributed by atoms with E-state index in [0.717, 1.165) is 29.7 Å². The summed E-state index contributed by atoms with van der Waals surface area (Å²) >= 11 is 1.91. The highest BCUT2D eigenvalue weighted by Crippen LogP contribution is 2.44. The van der Waals surface area contributed by atoms with Crippen molar-refractivity contribution in [2.24, 2.45) is 0 Å². The molecule has 2 aliphatic rings. The molecule has 0 bridgehead atoms. The van der Waals surface area contributed by atoms with Crippen molar-refractivity contribution in [3.63, 3.8) is 0 Å². The van der Waals surface area contributed by atoms with E-state index in [1.54, 1.807) is 7.11 Å². The van der Waals surface area contributed by atoms with Crippen LogP contribution in [0.25, 0.3) is 5.00 Å². The molecule has 0 unspecified atom stereocenters. The van der Waals surface area contributed by atoms with Crippen molar-refractivity contribution in [3.8, 4) is 10.8 Å². The number of thiophene rings is 1. The lowest BCUT2D eigenvalue weighted by molar-refractivity contribution is 0.194. The average Bonchev–Trinajstić information content (AvgIpc) is 3.46. The molecule has 1 N–H and O–H groups in total. The quantitative estimate of drug-likeness (QED) is 0.326. The van der Waals surface area contributed by atoms with Gasteiger partial charge in [0.2, 0.25) is 0 Å². The maximum Gasteiger partial charge on any atom is 0.323 e. The van der Waals surface area contributed by atoms with Crippen molar-refractivity contribution in [1.29, 1.82) is 0 Å². The number of nitrogens with zero attached hydrogens (tertiary/aromatic N) is 2. The molecule has 6 rings (SSSR count). The molecule has 4 aromatic rings. The molecule has 2 aromatic carbocycles. The number of aryl methyl sites for hydroxylation is 3. The van der Waals surface area contributed by atoms with Gasteiger partial charge in [-0.05, 0) is 80.5 Å². The molecule has 3 heterocycles. The van der Waals surface area contributed by atoms with Crippen LogP contribution in [0, 0.1) is 13.8 Å². The number of hydrogen-bond donors (Lipinski definition) is 1. The third kappa shape index (κ3) is 3.90. The summed E-state index contributed by atoms with van der Waals surface area (Å²) in [5.74, 6) is 0.660. The van der Waals surface area contributed by atoms with Gasteiger partial charge in [-0.3, -0.25) is 0 Å². The Bertz CT molecular complexity index is 1450. The molecular weight excluding hydrogens is 466 g/mol. The van der Waals surface area contributed by atoms with E-state index in [9.17, 15) is 4.79 Å². The Hall–Kier alpha value is -3.51. The first-order valence-corrected chi connectivity index (χ1v) is 13.4. The molecule has 6 heteroatoms. The van der Waals surface area contributed by atoms with E-state index < -0.39 is 0 Å². The highest BCUT2D eigenvalue weighted by molar-refractivity contribution is 7.15. The molecule has 1 aliphatic heterocycles. The topological polar surface area (TPSA) is 46.5 Å². The van der Waals surface area contributed by atoms with Crippen molar-refractivity contribution >= 4 is 23.1 Å². The summed E-state index contributed by atoms with van der Waals surface area (Å²) in [7, 11) is 1.64. The number of fused-ring (bicyclic) bond motifs is 5. The number of ether oxygens (including phenoxy) is 1. The number of carbonyl (C=O) groups excluding carboxylic acids is 1. The number of urea groups is 1. The van der Waals surface area contributed by atoms with Gasteiger partial charge < -0.3 is 19.5 Å². The first kappa shape index (κ1) is 22.9. The highest BCUT2D eigenvalue weighted by atomic mass is 32.1. The molecule has 0 saturated heterocycles. The number of anilines is 1. The molecular formula is C30H31N3O2S. The van der Waals surface area contributed by atoms with Crippen molar-refractivity contribution in [2.75, 3.05) is 12.4 Å². The van der Waals surface area contributed by atoms with E-state index in [1.807, 2.05) is 41.4 Å². The summed E-state index contributed by atoms with van der Waals surface area (Å²) in [5, 5.41) is 4.46. The summed E-state index contributed by atoms with van der Waals surface area (Å²) in [6, 6.07) is 18.3. The Balaban J connectivity index is 1.50. The van der Waals surface area contributed by atoms with Crippen molar-refractivity contribution in [3.05, 3.63) is 99.2 Å². The van der Waals surface area contributed by atoms with Crippen LogP contribution in [0.1, 0.15) is 57.3 Å². The van der Waals surface area contributed by atoms with E-state index >= 15 is 0 Å². The largest absolute Gasteiger partial charge is 0.495 e. The zero-order chi connectivity index (χ0) is 24.8. The van der Waals surface area contributed by atoms with Gasteiger partial charge in [0.05, 0.1) is 31.1 Å². The molecule has 1 atom stereocenters. The lowest BCUT2D eigenvalue weighted by atomic mass is 9.95. The molecule has 1 aliphatic carbocycles. The number of aromatic nitrogens is 1. The zero-order valence-electron chi connectivity index (χ0n) is 21.0. The van der Waals surface area contributed by atoms with Gasteiger partial charge in [-0.25, -0.2) is 4.79 Å². The summed E-state index contributed by atoms with van der Waals surface area (Å²) in [4.78, 5) is 17.6. The predicted molar refractivity (Wildman–Crippen MR) is 146 cm³/mol. The number of nitrogens with one attached hydrogen (secondary N) is 1. The Kier molecular flexibility index (Phi) is 5.84. The van der Waals surface area contributed by atoms with E-state index in [1.165, 1.54) is 39.4 Å². The predicted octanol–water partition coefficient (Wildman–Crippen LogP) is 7.18. The first-order valence-electron chi connectivity index (χ1n) is 12.6. The van der Waals surface area contributed by atoms with Crippen LogP contribution in [0.4, 0.5) is 10.5 Å². The Morgan fingerprint density at radius 2 is 1.83 bits per heavy atom. The van der Waals surface area contributed by atoms with Crippen LogP contribution >= 0.6 is 11.3 Å². The molecule has 36 heavy (non-hydrogen) atoms. The van der Waals surface area contributed by atoms with Gasteiger partial charge in [-0.1, -0.05) is 35.9 Å². The second kappa shape index (κ2) is 9.17. The highest BCUT2D eigenvalue weighted by Gasteiger charge is 2.36. The fraction of sp³-hybridized carbons (Fsp3) is 0.300. The van der Waals surface area contributed by atoms with E-state index in [2.05, 4.69) is 59.4 Å². The maximum absolute atomic E-state index is 14.2. The van der Waals surface area contributed by atoms with Crippen LogP contribution in [-0.2, 0) is 19.4 Å². The van der Waals surface area contributed by atoms with E-state index in [4.69, 9.17) is 4.74 Å². The van der Waals surface area contributed by atoms with Gasteiger partial charge in [0, 0.05) is 16.6 Å². The third-order valence-corrected chi connectivity index (χ3v) is 8.73. The van der Waals surface area contributed by atoms with E-state index in [0.29, 0.717) is 18.0 Å². The molecule has 2 amide bonds. The SMILES string of the molecule is COc1ccc(C)cc1NC(=O)N1Cc2c(sc3c2CCCC3)-n2cccc2[C@@H]1c1cccc(C)c1. The van der Waals surface area contributed by atoms with Gasteiger partial charge in [-0.15, -0.1) is 11.3 Å². The minimum absolute atomic E-state index is 0.123. The van der Waals surface area contributed by atoms with Gasteiger partial charge in [0.25, 0.3) is 0 Å². The van der Waals surface area contributed by atoms with Crippen LogP contribution in [0.5, 0.6) is 5.75 Å². The smallest absolute Gasteiger partial charge is 0.323 e. The van der Waals surface area contributed by atoms with Crippen molar-refractivity contribution < 1.29 is 9.53 Å². The van der Waals surface area contributed by atoms with Crippen LogP contribution in [0.3, 0.4) is 0 Å². The Morgan fingerprint density at radius 1 is 1.00 bits per heavy atom. The number of methoxy groups -OCH3 is 1. The fourth-order valence-corrected chi connectivity index (χ4v) is 7.09. The lowest BCUT2D eigenvalue weighted by Gasteiger charge is -2.32. The number of amides is 2. The van der Waals surface area contributed by atoms with Crippen LogP contribution in [0.15, 0.2) is 60.8 Å². The second-order valence-corrected chi connectivity index (χ2v) is 11.0. The number of carbonyl (C=O) groups is 1. The van der Waals surface area contributed by atoms with E-state index in [-0.39, 0.29) is 12.1 Å². The third-order valence-electron chi connectivity index (χ3n) is 7.39. The molecule has 0 radical (unpaired) electrons. The molecule has 0 fully saturated rings. The maximum atomic E-state index is 14.2. The molecule has 0 saturated carbocycles. The summed E-state index contributed by atoms with van der Waals surface area (Å²) in [6.07, 6.45) is 6.84. The van der Waals surface area contributed by atoms with Gasteiger partial charge in [0.15, 0.2) is 0 Å². The van der Waals surface area contributed by atoms with Gasteiger partial charge in [-0.2, -0.15) is 0 Å². The van der Waals surface area contributed by atoms with Gasteiger partial charge >= 0.3 is 6.03 Å². The van der Waals surface area contributed by atoms with Gasteiger partial charge in [0.1, 0.15) is 10.8 Å². The second-order valence-electron chi connectivity index (χ2n) is 9.88. The standard InChI is InChI=1S/C30H31N3O2S/c1-19-8-6-9-21(16-19)28-25-11-7-15-32(25)29-23(22-10-4-5-12-27(22)36-29)18-33(28)30(34)31-24-17-20(2)13-14-26(24)35-3/h6-9,11,13-17,28H,4-5,10,12,18H2,1-3H3,(H,31,34)/t28-/m0/s1. The van der Waals surface area contributed by atoms with Crippen LogP contribution < -0.4 is 10.1 Å². The monoisotopic (exact) mass is 497 g/mol. The summed E-state index contributed by atoms with van der Waals surface area (Å²) in [6.45, 7) is 4.70. The average molecular weight is 498 g/mol. The summed E-state index contributed by atoms with van der Waals surface area (Å²) < 4.78 is 7.89. The number of rotatable bonds is 3. The number of hydrogen-bond acceptors (Lipinski definition) is 3. The minimum Gasteiger partial charge on any atom is -0.495 e. The fourth-order valence-electron chi connectivity index (χ4n) is 5.68. The zero-order valence-corrected chi connectivity index (χ0v) is 21.8. The van der Waals surface area contributed by atoms with Crippen molar-refractivity contribution in [2.45, 2.75) is 52.1 Å². The number of benzene rings is 2.